The Morgan fingerprint density at radius 3 is 2.32 bits per heavy atom. The van der Waals surface area contributed by atoms with Gasteiger partial charge in [-0.25, -0.2) is 0 Å². The Balaban J connectivity index is 2.06. The van der Waals surface area contributed by atoms with Gasteiger partial charge in [-0.1, -0.05) is 35.8 Å². The molecular weight excluding hydrogens is 302 g/mol. The molecule has 0 aromatic heterocycles. The van der Waals surface area contributed by atoms with E-state index in [9.17, 15) is 5.11 Å². The Morgan fingerprint density at radius 1 is 1.21 bits per heavy atom. The van der Waals surface area contributed by atoms with Crippen molar-refractivity contribution in [3.05, 3.63) is 28.2 Å². The van der Waals surface area contributed by atoms with Crippen LogP contribution in [0.2, 0.25) is 0 Å². The quantitative estimate of drug-likeness (QED) is 0.891. The highest BCUT2D eigenvalue weighted by molar-refractivity contribution is 9.10. The van der Waals surface area contributed by atoms with Crippen LogP contribution in [-0.4, -0.2) is 18.2 Å². The van der Waals surface area contributed by atoms with Crippen LogP contribution < -0.4 is 4.90 Å². The number of rotatable bonds is 3. The van der Waals surface area contributed by atoms with Crippen molar-refractivity contribution < 1.29 is 5.11 Å². The normalized spacial score (nSPS) is 18.9. The molecule has 2 rings (SSSR count). The van der Waals surface area contributed by atoms with Gasteiger partial charge in [0.05, 0.1) is 6.10 Å². The van der Waals surface area contributed by atoms with Crippen LogP contribution in [0.15, 0.2) is 22.7 Å². The fraction of sp³-hybridized carbons (Fsp3) is 0.625. The summed E-state index contributed by atoms with van der Waals surface area (Å²) in [7, 11) is 0. The van der Waals surface area contributed by atoms with Crippen LogP contribution >= 0.6 is 15.9 Å². The first-order valence-electron chi connectivity index (χ1n) is 7.21. The average molecular weight is 326 g/mol. The van der Waals surface area contributed by atoms with Crippen LogP contribution in [0.3, 0.4) is 0 Å². The first-order valence-corrected chi connectivity index (χ1v) is 8.00. The van der Waals surface area contributed by atoms with E-state index >= 15 is 0 Å². The van der Waals surface area contributed by atoms with Gasteiger partial charge in [0.25, 0.3) is 0 Å². The van der Waals surface area contributed by atoms with Crippen LogP contribution in [-0.2, 0) is 0 Å². The predicted octanol–water partition coefficient (Wildman–Crippen LogP) is 4.37. The maximum atomic E-state index is 9.66. The summed E-state index contributed by atoms with van der Waals surface area (Å²) in [4.78, 5) is 2.45. The molecule has 0 radical (unpaired) electrons. The van der Waals surface area contributed by atoms with Gasteiger partial charge in [-0.15, -0.1) is 0 Å². The number of anilines is 1. The molecule has 1 aliphatic rings. The topological polar surface area (TPSA) is 23.5 Å². The molecule has 0 saturated carbocycles. The van der Waals surface area contributed by atoms with E-state index < -0.39 is 6.10 Å². The predicted molar refractivity (Wildman–Crippen MR) is 84.6 cm³/mol. The fourth-order valence-corrected chi connectivity index (χ4v) is 3.57. The van der Waals surface area contributed by atoms with E-state index in [4.69, 9.17) is 0 Å². The number of halogens is 1. The minimum Gasteiger partial charge on any atom is -0.389 e. The summed E-state index contributed by atoms with van der Waals surface area (Å²) in [6.45, 7) is 8.74. The Bertz CT molecular complexity index is 423. The average Bonchev–Trinajstić information content (AvgIpc) is 2.38. The number of aliphatic hydroxyl groups excluding tert-OH is 1. The number of benzene rings is 1. The summed E-state index contributed by atoms with van der Waals surface area (Å²) in [5.74, 6) is 1.67. The van der Waals surface area contributed by atoms with Gasteiger partial charge < -0.3 is 10.0 Å². The summed E-state index contributed by atoms with van der Waals surface area (Å²) in [6, 6.07) is 6.29. The van der Waals surface area contributed by atoms with E-state index in [-0.39, 0.29) is 0 Å². The molecule has 0 bridgehead atoms. The molecule has 0 amide bonds. The highest BCUT2D eigenvalue weighted by Crippen LogP contribution is 2.31. The lowest BCUT2D eigenvalue weighted by Gasteiger charge is -2.35. The zero-order chi connectivity index (χ0) is 14.0. The molecule has 0 aliphatic carbocycles. The van der Waals surface area contributed by atoms with Crippen molar-refractivity contribution in [1.29, 1.82) is 0 Å². The van der Waals surface area contributed by atoms with Crippen LogP contribution in [0, 0.1) is 11.8 Å². The van der Waals surface area contributed by atoms with Gasteiger partial charge in [0.2, 0.25) is 0 Å². The summed E-state index contributed by atoms with van der Waals surface area (Å²) in [6.07, 6.45) is 2.15. The van der Waals surface area contributed by atoms with Crippen molar-refractivity contribution in [3.63, 3.8) is 0 Å². The maximum Gasteiger partial charge on any atom is 0.0772 e. The molecule has 2 nitrogen and oxygen atoms in total. The Labute approximate surface area is 124 Å². The van der Waals surface area contributed by atoms with Crippen molar-refractivity contribution in [2.75, 3.05) is 18.0 Å². The molecule has 0 unspecified atom stereocenters. The van der Waals surface area contributed by atoms with Crippen molar-refractivity contribution in [2.24, 2.45) is 11.8 Å². The van der Waals surface area contributed by atoms with E-state index in [0.29, 0.717) is 0 Å². The monoisotopic (exact) mass is 325 g/mol. The molecule has 1 aromatic rings. The molecule has 1 aliphatic heterocycles. The van der Waals surface area contributed by atoms with E-state index in [1.54, 1.807) is 6.92 Å². The first kappa shape index (κ1) is 14.9. The minimum atomic E-state index is -0.421. The van der Waals surface area contributed by atoms with Gasteiger partial charge in [0, 0.05) is 23.2 Å². The molecule has 1 saturated heterocycles. The van der Waals surface area contributed by atoms with E-state index in [1.807, 2.05) is 6.07 Å². The van der Waals surface area contributed by atoms with Crippen LogP contribution in [0.5, 0.6) is 0 Å². The third kappa shape index (κ3) is 3.51. The molecule has 1 atom stereocenters. The Morgan fingerprint density at radius 2 is 1.84 bits per heavy atom. The molecule has 19 heavy (non-hydrogen) atoms. The third-order valence-electron chi connectivity index (χ3n) is 4.28. The lowest BCUT2D eigenvalue weighted by atomic mass is 9.86. The molecule has 0 spiro atoms. The van der Waals surface area contributed by atoms with Gasteiger partial charge in [-0.2, -0.15) is 0 Å². The van der Waals surface area contributed by atoms with Gasteiger partial charge in [0.1, 0.15) is 0 Å². The summed E-state index contributed by atoms with van der Waals surface area (Å²) in [5, 5.41) is 9.66. The molecule has 3 heteroatoms. The molecular formula is C16H24BrNO. The highest BCUT2D eigenvalue weighted by atomic mass is 79.9. The fourth-order valence-electron chi connectivity index (χ4n) is 2.88. The second-order valence-corrected chi connectivity index (χ2v) is 6.80. The van der Waals surface area contributed by atoms with Crippen molar-refractivity contribution in [3.8, 4) is 0 Å². The summed E-state index contributed by atoms with van der Waals surface area (Å²) in [5.41, 5.74) is 2.22. The van der Waals surface area contributed by atoms with Crippen LogP contribution in [0.4, 0.5) is 5.69 Å². The van der Waals surface area contributed by atoms with Gasteiger partial charge >= 0.3 is 0 Å². The lowest BCUT2D eigenvalue weighted by molar-refractivity contribution is 0.198. The number of aliphatic hydroxyl groups is 1. The zero-order valence-corrected chi connectivity index (χ0v) is 13.7. The highest BCUT2D eigenvalue weighted by Gasteiger charge is 2.22. The summed E-state index contributed by atoms with van der Waals surface area (Å²) >= 11 is 3.56. The van der Waals surface area contributed by atoms with Gasteiger partial charge in [-0.05, 0) is 49.3 Å². The molecule has 1 fully saturated rings. The Kier molecular flexibility index (Phi) is 4.91. The number of hydrogen-bond acceptors (Lipinski definition) is 2. The minimum absolute atomic E-state index is 0.421. The largest absolute Gasteiger partial charge is 0.389 e. The second kappa shape index (κ2) is 6.27. The maximum absolute atomic E-state index is 9.66. The molecule has 1 N–H and O–H groups in total. The van der Waals surface area contributed by atoms with E-state index in [2.05, 4.69) is 46.8 Å². The first-order chi connectivity index (χ1) is 8.99. The molecule has 1 aromatic carbocycles. The molecule has 106 valence electrons. The number of hydrogen-bond donors (Lipinski definition) is 1. The second-order valence-electron chi connectivity index (χ2n) is 5.95. The van der Waals surface area contributed by atoms with Crippen molar-refractivity contribution >= 4 is 21.6 Å². The van der Waals surface area contributed by atoms with Crippen molar-refractivity contribution in [1.82, 2.24) is 0 Å². The summed E-state index contributed by atoms with van der Waals surface area (Å²) < 4.78 is 1.01. The van der Waals surface area contributed by atoms with Gasteiger partial charge in [-0.3, -0.25) is 0 Å². The third-order valence-corrected chi connectivity index (χ3v) is 4.97. The Hall–Kier alpha value is -0.540. The van der Waals surface area contributed by atoms with E-state index in [1.165, 1.54) is 18.5 Å². The van der Waals surface area contributed by atoms with Gasteiger partial charge in [0.15, 0.2) is 0 Å². The standard InChI is InChI=1S/C16H24BrNO/c1-11(2)13-6-8-18(9-7-13)14-4-5-15(12(3)19)16(17)10-14/h4-5,10-13,19H,6-9H2,1-3H3/t12-/m0/s1. The smallest absolute Gasteiger partial charge is 0.0772 e. The molecule has 1 heterocycles. The zero-order valence-electron chi connectivity index (χ0n) is 12.1. The SMILES string of the molecule is CC(C)C1CCN(c2ccc([C@H](C)O)c(Br)c2)CC1. The van der Waals surface area contributed by atoms with E-state index in [0.717, 1.165) is 35.0 Å². The van der Waals surface area contributed by atoms with Crippen molar-refractivity contribution in [2.45, 2.75) is 39.7 Å². The number of piperidine rings is 1. The lowest BCUT2D eigenvalue weighted by Crippen LogP contribution is -2.35. The number of nitrogens with zero attached hydrogens (tertiary/aromatic N) is 1. The van der Waals surface area contributed by atoms with Crippen LogP contribution in [0.25, 0.3) is 0 Å². The van der Waals surface area contributed by atoms with Crippen LogP contribution in [0.1, 0.15) is 45.3 Å².